The Kier molecular flexibility index (Phi) is 7.71. The highest BCUT2D eigenvalue weighted by Gasteiger charge is 2.72. The lowest BCUT2D eigenvalue weighted by Crippen LogP contribution is -2.60. The average molecular weight is 536 g/mol. The Morgan fingerprint density at radius 3 is 2.44 bits per heavy atom. The van der Waals surface area contributed by atoms with E-state index in [4.69, 9.17) is 4.74 Å². The first-order chi connectivity index (χ1) is 18.7. The molecule has 0 saturated carbocycles. The van der Waals surface area contributed by atoms with Crippen LogP contribution in [0.2, 0.25) is 0 Å². The van der Waals surface area contributed by atoms with Crippen molar-refractivity contribution in [3.63, 3.8) is 0 Å². The fourth-order valence-corrected chi connectivity index (χ4v) is 7.04. The second-order valence-corrected chi connectivity index (χ2v) is 11.7. The standard InChI is InChI=1S/C31H41N3O5/c1-5-11-21(4)33-17-10-15-31-26(29(37)34(27(31)30(33)38)23(19-35)20(2)3)25-24(39-31)14-9-16-32(28(25)36)18-22-12-7-6-8-13-22/h6-10,12-15,20-21,23-27,35H,5,11,16-19H2,1-4H3/t21?,23-,24-,25+,26-,27?,31-/m0/s1. The summed E-state index contributed by atoms with van der Waals surface area (Å²) in [7, 11) is 0. The van der Waals surface area contributed by atoms with Crippen molar-refractivity contribution < 1.29 is 24.2 Å². The molecule has 39 heavy (non-hydrogen) atoms. The summed E-state index contributed by atoms with van der Waals surface area (Å²) in [6, 6.07) is 8.28. The number of aliphatic hydroxyl groups is 1. The summed E-state index contributed by atoms with van der Waals surface area (Å²) in [6.45, 7) is 9.00. The van der Waals surface area contributed by atoms with Gasteiger partial charge >= 0.3 is 0 Å². The number of amides is 3. The van der Waals surface area contributed by atoms with E-state index in [1.54, 1.807) is 9.80 Å². The van der Waals surface area contributed by atoms with Crippen LogP contribution in [0.15, 0.2) is 54.6 Å². The smallest absolute Gasteiger partial charge is 0.249 e. The molecule has 0 aliphatic carbocycles. The summed E-state index contributed by atoms with van der Waals surface area (Å²) >= 11 is 0. The first-order valence-electron chi connectivity index (χ1n) is 14.3. The van der Waals surface area contributed by atoms with Crippen molar-refractivity contribution in [3.8, 4) is 0 Å². The Bertz CT molecular complexity index is 1150. The molecule has 4 heterocycles. The van der Waals surface area contributed by atoms with E-state index in [0.29, 0.717) is 19.6 Å². The molecule has 2 fully saturated rings. The third-order valence-electron chi connectivity index (χ3n) is 8.98. The van der Waals surface area contributed by atoms with Gasteiger partial charge in [0.2, 0.25) is 17.7 Å². The topological polar surface area (TPSA) is 90.4 Å². The molecule has 1 aromatic carbocycles. The number of hydrogen-bond acceptors (Lipinski definition) is 5. The van der Waals surface area contributed by atoms with Gasteiger partial charge in [0.05, 0.1) is 30.6 Å². The zero-order valence-electron chi connectivity index (χ0n) is 23.4. The Hall–Kier alpha value is -2.97. The molecular formula is C31H41N3O5. The SMILES string of the molecule is CCCC(C)N1CC=C[C@]23O[C@H]4C=CCN(Cc5ccccc5)C(=O)[C@H]4[C@H]2C(=O)N([C@@H](CO)C(C)C)C3C1=O. The molecule has 0 aromatic heterocycles. The van der Waals surface area contributed by atoms with Gasteiger partial charge in [-0.1, -0.05) is 81.8 Å². The summed E-state index contributed by atoms with van der Waals surface area (Å²) in [5.41, 5.74) is -0.267. The van der Waals surface area contributed by atoms with Gasteiger partial charge in [0.1, 0.15) is 11.6 Å². The summed E-state index contributed by atoms with van der Waals surface area (Å²) in [5.74, 6) is -2.30. The first kappa shape index (κ1) is 27.6. The minimum Gasteiger partial charge on any atom is -0.394 e. The molecule has 2 unspecified atom stereocenters. The van der Waals surface area contributed by atoms with E-state index in [-0.39, 0.29) is 36.3 Å². The second-order valence-electron chi connectivity index (χ2n) is 11.7. The van der Waals surface area contributed by atoms with Crippen LogP contribution < -0.4 is 0 Å². The third kappa shape index (κ3) is 4.51. The van der Waals surface area contributed by atoms with Crippen molar-refractivity contribution >= 4 is 17.7 Å². The number of rotatable bonds is 8. The van der Waals surface area contributed by atoms with Crippen molar-refractivity contribution in [2.75, 3.05) is 19.7 Å². The molecule has 7 atom stereocenters. The van der Waals surface area contributed by atoms with Gasteiger partial charge in [-0.15, -0.1) is 0 Å². The van der Waals surface area contributed by atoms with Crippen LogP contribution in [-0.2, 0) is 25.7 Å². The number of nitrogens with zero attached hydrogens (tertiary/aromatic N) is 3. The molecule has 8 nitrogen and oxygen atoms in total. The Labute approximate surface area is 231 Å². The quantitative estimate of drug-likeness (QED) is 0.517. The maximum atomic E-state index is 14.4. The van der Waals surface area contributed by atoms with Crippen molar-refractivity contribution in [2.45, 2.75) is 76.9 Å². The van der Waals surface area contributed by atoms with Crippen LogP contribution in [0, 0.1) is 17.8 Å². The predicted molar refractivity (Wildman–Crippen MR) is 147 cm³/mol. The molecule has 2 saturated heterocycles. The number of benzene rings is 1. The average Bonchev–Trinajstić information content (AvgIpc) is 3.23. The van der Waals surface area contributed by atoms with Crippen molar-refractivity contribution in [1.82, 2.24) is 14.7 Å². The van der Waals surface area contributed by atoms with Gasteiger partial charge in [-0.05, 0) is 24.8 Å². The summed E-state index contributed by atoms with van der Waals surface area (Å²) in [4.78, 5) is 48.1. The van der Waals surface area contributed by atoms with E-state index in [1.807, 2.05) is 80.3 Å². The van der Waals surface area contributed by atoms with Crippen LogP contribution in [0.1, 0.15) is 46.1 Å². The molecule has 5 rings (SSSR count). The lowest BCUT2D eigenvalue weighted by molar-refractivity contribution is -0.153. The van der Waals surface area contributed by atoms with E-state index < -0.39 is 35.6 Å². The minimum absolute atomic E-state index is 0.0142. The van der Waals surface area contributed by atoms with E-state index in [2.05, 4.69) is 6.92 Å². The normalized spacial score (nSPS) is 31.7. The molecule has 1 spiro atoms. The van der Waals surface area contributed by atoms with Gasteiger partial charge in [0.15, 0.2) is 0 Å². The van der Waals surface area contributed by atoms with E-state index in [0.717, 1.165) is 18.4 Å². The molecule has 4 aliphatic rings. The fraction of sp³-hybridized carbons (Fsp3) is 0.581. The highest BCUT2D eigenvalue weighted by Crippen LogP contribution is 2.54. The molecule has 1 aromatic rings. The van der Waals surface area contributed by atoms with Crippen LogP contribution in [0.25, 0.3) is 0 Å². The monoisotopic (exact) mass is 535 g/mol. The largest absolute Gasteiger partial charge is 0.394 e. The predicted octanol–water partition coefficient (Wildman–Crippen LogP) is 2.77. The third-order valence-corrected chi connectivity index (χ3v) is 8.98. The van der Waals surface area contributed by atoms with E-state index >= 15 is 0 Å². The van der Waals surface area contributed by atoms with Crippen LogP contribution in [0.3, 0.4) is 0 Å². The Morgan fingerprint density at radius 1 is 1.03 bits per heavy atom. The zero-order chi connectivity index (χ0) is 27.9. The van der Waals surface area contributed by atoms with Gasteiger partial charge < -0.3 is 24.5 Å². The van der Waals surface area contributed by atoms with Crippen LogP contribution in [0.4, 0.5) is 0 Å². The summed E-state index contributed by atoms with van der Waals surface area (Å²) in [5, 5.41) is 10.4. The zero-order valence-corrected chi connectivity index (χ0v) is 23.4. The maximum Gasteiger partial charge on any atom is 0.249 e. The number of ether oxygens (including phenoxy) is 1. The van der Waals surface area contributed by atoms with Crippen LogP contribution >= 0.6 is 0 Å². The van der Waals surface area contributed by atoms with Crippen molar-refractivity contribution in [3.05, 3.63) is 60.2 Å². The lowest BCUT2D eigenvalue weighted by Gasteiger charge is -2.41. The Morgan fingerprint density at radius 2 is 1.77 bits per heavy atom. The molecule has 210 valence electrons. The molecule has 8 heteroatoms. The molecule has 4 aliphatic heterocycles. The first-order valence-corrected chi connectivity index (χ1v) is 14.3. The van der Waals surface area contributed by atoms with Gasteiger partial charge in [-0.25, -0.2) is 0 Å². The molecule has 0 radical (unpaired) electrons. The number of carbonyl (C=O) groups is 3. The van der Waals surface area contributed by atoms with Gasteiger partial charge in [0.25, 0.3) is 0 Å². The highest BCUT2D eigenvalue weighted by molar-refractivity contribution is 6.00. The van der Waals surface area contributed by atoms with Crippen LogP contribution in [-0.4, -0.2) is 87.1 Å². The number of aliphatic hydroxyl groups excluding tert-OH is 1. The van der Waals surface area contributed by atoms with Crippen molar-refractivity contribution in [1.29, 1.82) is 0 Å². The van der Waals surface area contributed by atoms with Crippen molar-refractivity contribution in [2.24, 2.45) is 17.8 Å². The minimum atomic E-state index is -1.28. The fourth-order valence-electron chi connectivity index (χ4n) is 7.04. The van der Waals surface area contributed by atoms with Gasteiger partial charge in [-0.2, -0.15) is 0 Å². The van der Waals surface area contributed by atoms with E-state index in [9.17, 15) is 19.5 Å². The second kappa shape index (κ2) is 10.9. The van der Waals surface area contributed by atoms with E-state index in [1.165, 1.54) is 0 Å². The number of carbonyl (C=O) groups excluding carboxylic acids is 3. The number of fused-ring (bicyclic) bond motifs is 2. The molecule has 0 bridgehead atoms. The molecular weight excluding hydrogens is 494 g/mol. The summed E-state index contributed by atoms with van der Waals surface area (Å²) < 4.78 is 6.73. The molecule has 1 N–H and O–H groups in total. The number of likely N-dealkylation sites (tertiary alicyclic amines) is 1. The van der Waals surface area contributed by atoms with Gasteiger partial charge in [0, 0.05) is 25.7 Å². The maximum absolute atomic E-state index is 14.4. The summed E-state index contributed by atoms with van der Waals surface area (Å²) in [6.07, 6.45) is 8.79. The van der Waals surface area contributed by atoms with Gasteiger partial charge in [-0.3, -0.25) is 14.4 Å². The number of hydrogen-bond donors (Lipinski definition) is 1. The lowest BCUT2D eigenvalue weighted by atomic mass is 9.77. The van der Waals surface area contributed by atoms with Crippen LogP contribution in [0.5, 0.6) is 0 Å². The highest BCUT2D eigenvalue weighted by atomic mass is 16.5. The Balaban J connectivity index is 1.58. The molecule has 3 amide bonds.